The van der Waals surface area contributed by atoms with Crippen molar-refractivity contribution in [1.82, 2.24) is 11.0 Å². The Balaban J connectivity index is 2.09. The van der Waals surface area contributed by atoms with Crippen LogP contribution in [0.3, 0.4) is 0 Å². The predicted octanol–water partition coefficient (Wildman–Crippen LogP) is 0.562. The van der Waals surface area contributed by atoms with Gasteiger partial charge < -0.3 is 9.05 Å². The largest absolute Gasteiger partial charge is 0.565 e. The molecule has 11 nitrogen and oxygen atoms in total. The molecule has 2 amide bonds. The van der Waals surface area contributed by atoms with E-state index in [-0.39, 0.29) is 0 Å². The van der Waals surface area contributed by atoms with Crippen LogP contribution in [0, 0.1) is 0 Å². The molecule has 13 heteroatoms. The topological polar surface area (TPSA) is 138 Å². The van der Waals surface area contributed by atoms with Crippen LogP contribution >= 0.6 is 15.6 Å². The van der Waals surface area contributed by atoms with E-state index in [0.717, 1.165) is 0 Å². The highest BCUT2D eigenvalue weighted by Crippen LogP contribution is 2.67. The monoisotopic (exact) mass is 260 g/mol. The van der Waals surface area contributed by atoms with E-state index in [1.807, 2.05) is 0 Å². The van der Waals surface area contributed by atoms with Gasteiger partial charge in [-0.05, 0) is 0 Å². The van der Waals surface area contributed by atoms with E-state index in [0.29, 0.717) is 0 Å². The third kappa shape index (κ3) is 2.11. The lowest BCUT2D eigenvalue weighted by Crippen LogP contribution is -2.09. The van der Waals surface area contributed by atoms with E-state index in [2.05, 4.69) is 22.6 Å². The normalized spacial score (nSPS) is 39.2. The Labute approximate surface area is 81.1 Å². The van der Waals surface area contributed by atoms with Crippen LogP contribution in [-0.2, 0) is 31.7 Å². The molecule has 84 valence electrons. The van der Waals surface area contributed by atoms with Crippen molar-refractivity contribution in [3.05, 3.63) is 0 Å². The van der Waals surface area contributed by atoms with Crippen LogP contribution in [0.15, 0.2) is 0 Å². The summed E-state index contributed by atoms with van der Waals surface area (Å²) < 4.78 is 42.8. The van der Waals surface area contributed by atoms with E-state index in [4.69, 9.17) is 0 Å². The van der Waals surface area contributed by atoms with Gasteiger partial charge in [0.1, 0.15) is 0 Å². The summed E-state index contributed by atoms with van der Waals surface area (Å²) in [5, 5.41) is 0. The maximum absolute atomic E-state index is 11.3. The molecule has 0 radical (unpaired) electrons. The second kappa shape index (κ2) is 3.19. The van der Waals surface area contributed by atoms with Crippen LogP contribution in [0.2, 0.25) is 0 Å². The summed E-state index contributed by atoms with van der Waals surface area (Å²) in [7, 11) is -8.87. The van der Waals surface area contributed by atoms with Crippen molar-refractivity contribution in [3.63, 3.8) is 0 Å². The number of carbonyl (C=O) groups is 2. The minimum Gasteiger partial charge on any atom is -0.350 e. The summed E-state index contributed by atoms with van der Waals surface area (Å²) in [6.45, 7) is 0. The van der Waals surface area contributed by atoms with Gasteiger partial charge in [-0.3, -0.25) is 0 Å². The summed E-state index contributed by atoms with van der Waals surface area (Å²) in [5.74, 6) is 0. The molecule has 2 N–H and O–H groups in total. The molecule has 0 aromatic heterocycles. The summed E-state index contributed by atoms with van der Waals surface area (Å²) in [6.07, 6.45) is -2.41. The summed E-state index contributed by atoms with van der Waals surface area (Å²) in [6, 6.07) is 0. The number of nitrogens with one attached hydrogen (secondary N) is 2. The van der Waals surface area contributed by atoms with Crippen molar-refractivity contribution in [1.29, 1.82) is 0 Å². The average molecular weight is 260 g/mol. The average Bonchev–Trinajstić information content (AvgIpc) is 2.57. The first-order chi connectivity index (χ1) is 6.91. The first-order valence-corrected chi connectivity index (χ1v) is 6.11. The fourth-order valence-electron chi connectivity index (χ4n) is 0.653. The zero-order chi connectivity index (χ0) is 11.1. The van der Waals surface area contributed by atoms with Crippen LogP contribution in [0.1, 0.15) is 0 Å². The molecule has 2 fully saturated rings. The molecule has 0 aromatic carbocycles. The standard InChI is InChI=1S/C2H2N2O9P2/c5-1-3-11-14(7,9-1)13-15(8)10-2(6)4-12-15/h(H,3,5)(H,4,6). The van der Waals surface area contributed by atoms with Gasteiger partial charge in [-0.2, -0.15) is 24.5 Å². The second-order valence-corrected chi connectivity index (χ2v) is 5.29. The fourth-order valence-corrected chi connectivity index (χ4v) is 3.09. The number of hydrogen-bond acceptors (Lipinski definition) is 9. The first-order valence-electron chi connectivity index (χ1n) is 3.19. The Morgan fingerprint density at radius 1 is 0.933 bits per heavy atom. The van der Waals surface area contributed by atoms with Crippen molar-refractivity contribution >= 4 is 27.8 Å². The quantitative estimate of drug-likeness (QED) is 0.681. The van der Waals surface area contributed by atoms with E-state index in [1.165, 1.54) is 11.0 Å². The van der Waals surface area contributed by atoms with Crippen LogP contribution in [0.5, 0.6) is 0 Å². The summed E-state index contributed by atoms with van der Waals surface area (Å²) in [4.78, 5) is 20.9. The van der Waals surface area contributed by atoms with Gasteiger partial charge >= 0.3 is 27.8 Å². The lowest BCUT2D eigenvalue weighted by atomic mass is 11.3. The number of phosphoric acid groups is 2. The van der Waals surface area contributed by atoms with Crippen molar-refractivity contribution in [2.45, 2.75) is 0 Å². The molecular formula is C2H2N2O9P2. The highest BCUT2D eigenvalue weighted by Gasteiger charge is 2.52. The lowest BCUT2D eigenvalue weighted by molar-refractivity contribution is 0.175. The smallest absolute Gasteiger partial charge is 0.350 e. The van der Waals surface area contributed by atoms with E-state index in [9.17, 15) is 18.7 Å². The molecule has 2 aliphatic rings. The van der Waals surface area contributed by atoms with Crippen LogP contribution in [0.4, 0.5) is 9.59 Å². The molecule has 2 rings (SSSR count). The maximum Gasteiger partial charge on any atom is 0.565 e. The van der Waals surface area contributed by atoms with Crippen molar-refractivity contribution in [3.8, 4) is 0 Å². The number of hydroxylamine groups is 2. The van der Waals surface area contributed by atoms with Crippen molar-refractivity contribution < 1.29 is 41.3 Å². The Kier molecular flexibility index (Phi) is 2.21. The van der Waals surface area contributed by atoms with Crippen LogP contribution in [-0.4, -0.2) is 12.2 Å². The molecular weight excluding hydrogens is 258 g/mol. The Bertz CT molecular complexity index is 378. The summed E-state index contributed by atoms with van der Waals surface area (Å²) in [5.41, 5.74) is 3.05. The minimum atomic E-state index is -4.43. The van der Waals surface area contributed by atoms with Gasteiger partial charge in [0.05, 0.1) is 0 Å². The highest BCUT2D eigenvalue weighted by atomic mass is 31.3. The maximum atomic E-state index is 11.3. The van der Waals surface area contributed by atoms with Crippen LogP contribution < -0.4 is 11.0 Å². The van der Waals surface area contributed by atoms with Gasteiger partial charge in [0.15, 0.2) is 0 Å². The Morgan fingerprint density at radius 2 is 1.33 bits per heavy atom. The molecule has 2 aliphatic heterocycles. The highest BCUT2D eigenvalue weighted by molar-refractivity contribution is 7.63. The second-order valence-electron chi connectivity index (χ2n) is 2.12. The third-order valence-electron chi connectivity index (χ3n) is 1.07. The molecule has 0 saturated carbocycles. The molecule has 0 aliphatic carbocycles. The van der Waals surface area contributed by atoms with E-state index < -0.39 is 27.8 Å². The van der Waals surface area contributed by atoms with Gasteiger partial charge in [-0.25, -0.2) is 18.7 Å². The van der Waals surface area contributed by atoms with Gasteiger partial charge in [0, 0.05) is 0 Å². The first kappa shape index (κ1) is 10.4. The van der Waals surface area contributed by atoms with Gasteiger partial charge in [-0.1, -0.05) is 0 Å². The molecule has 2 heterocycles. The van der Waals surface area contributed by atoms with Crippen molar-refractivity contribution in [2.24, 2.45) is 0 Å². The number of amides is 2. The zero-order valence-electron chi connectivity index (χ0n) is 6.57. The predicted molar refractivity (Wildman–Crippen MR) is 37.7 cm³/mol. The Hall–Kier alpha value is -1.12. The van der Waals surface area contributed by atoms with E-state index in [1.54, 1.807) is 0 Å². The van der Waals surface area contributed by atoms with Crippen molar-refractivity contribution in [2.75, 3.05) is 0 Å². The number of hydrogen-bond donors (Lipinski definition) is 2. The summed E-state index contributed by atoms with van der Waals surface area (Å²) >= 11 is 0. The lowest BCUT2D eigenvalue weighted by Gasteiger charge is -2.08. The number of carbonyl (C=O) groups excluding carboxylic acids is 2. The molecule has 15 heavy (non-hydrogen) atoms. The fraction of sp³-hybridized carbons (Fsp3) is 0. The van der Waals surface area contributed by atoms with Crippen LogP contribution in [0.25, 0.3) is 0 Å². The van der Waals surface area contributed by atoms with Gasteiger partial charge in [0.25, 0.3) is 0 Å². The molecule has 2 unspecified atom stereocenters. The Morgan fingerprint density at radius 3 is 1.60 bits per heavy atom. The molecule has 0 spiro atoms. The van der Waals surface area contributed by atoms with E-state index >= 15 is 0 Å². The van der Waals surface area contributed by atoms with Gasteiger partial charge in [-0.15, -0.1) is 0 Å². The molecule has 2 saturated heterocycles. The molecule has 0 aromatic rings. The minimum absolute atomic E-state index is 1.21. The number of rotatable bonds is 2. The molecule has 2 atom stereocenters. The third-order valence-corrected chi connectivity index (χ3v) is 4.08. The molecule has 0 bridgehead atoms. The SMILES string of the molecule is O=C1NOP(=O)(OP2(=O)ONC(=O)O2)O1. The van der Waals surface area contributed by atoms with Gasteiger partial charge in [0.2, 0.25) is 0 Å². The zero-order valence-corrected chi connectivity index (χ0v) is 8.36.